The van der Waals surface area contributed by atoms with Gasteiger partial charge in [-0.05, 0) is 49.1 Å². The van der Waals surface area contributed by atoms with E-state index in [1.54, 1.807) is 49.6 Å². The van der Waals surface area contributed by atoms with Crippen LogP contribution in [0.3, 0.4) is 0 Å². The molecule has 2 aliphatic carbocycles. The van der Waals surface area contributed by atoms with Crippen LogP contribution in [-0.4, -0.2) is 38.1 Å². The maximum atomic E-state index is 13.0. The number of amides is 2. The normalized spacial score (nSPS) is 27.1. The molecule has 0 aromatic heterocycles. The molecule has 2 aromatic carbocycles. The summed E-state index contributed by atoms with van der Waals surface area (Å²) in [6.07, 6.45) is 1.62. The predicted octanol–water partition coefficient (Wildman–Crippen LogP) is 3.09. The lowest BCUT2D eigenvalue weighted by molar-refractivity contribution is -0.145. The monoisotopic (exact) mass is 436 g/mol. The van der Waals surface area contributed by atoms with Crippen LogP contribution in [0.15, 0.2) is 42.5 Å². The number of hydrogen-bond donors (Lipinski definition) is 2. The standard InChI is InChI=1S/C24H24N2O6/c1-30-15-6-7-17(19(11-15)31-2)26-22(27)12-4-3-5-14(8-12)25-23(28)20-13-9-16-18(10-13)32-24(29)21(16)20/h3-8,11,13,16,18,20-21H,9-10H2,1-2H3,(H,25,28)(H,26,27)/t13-,16-,18+,20+,21-/m1/s1. The quantitative estimate of drug-likeness (QED) is 0.675. The highest BCUT2D eigenvalue weighted by molar-refractivity contribution is 6.06. The Morgan fingerprint density at radius 1 is 1.03 bits per heavy atom. The van der Waals surface area contributed by atoms with E-state index in [1.807, 2.05) is 0 Å². The van der Waals surface area contributed by atoms with Crippen LogP contribution in [0.1, 0.15) is 23.2 Å². The van der Waals surface area contributed by atoms with Gasteiger partial charge in [-0.25, -0.2) is 0 Å². The van der Waals surface area contributed by atoms with Gasteiger partial charge in [0.2, 0.25) is 5.91 Å². The minimum Gasteiger partial charge on any atom is -0.497 e. The molecule has 0 unspecified atom stereocenters. The Morgan fingerprint density at radius 2 is 1.88 bits per heavy atom. The summed E-state index contributed by atoms with van der Waals surface area (Å²) in [5.74, 6) is -0.0548. The van der Waals surface area contributed by atoms with Crippen molar-refractivity contribution in [1.82, 2.24) is 0 Å². The lowest BCUT2D eigenvalue weighted by Gasteiger charge is -2.23. The molecule has 0 radical (unpaired) electrons. The summed E-state index contributed by atoms with van der Waals surface area (Å²) in [6, 6.07) is 11.8. The summed E-state index contributed by atoms with van der Waals surface area (Å²) in [7, 11) is 3.07. The molecule has 1 aliphatic heterocycles. The maximum absolute atomic E-state index is 13.0. The van der Waals surface area contributed by atoms with Gasteiger partial charge in [0, 0.05) is 23.2 Å². The molecule has 0 spiro atoms. The lowest BCUT2D eigenvalue weighted by atomic mass is 9.79. The van der Waals surface area contributed by atoms with E-state index in [9.17, 15) is 14.4 Å². The first-order valence-electron chi connectivity index (χ1n) is 10.6. The Morgan fingerprint density at radius 3 is 2.66 bits per heavy atom. The Hall–Kier alpha value is -3.55. The van der Waals surface area contributed by atoms with Crippen LogP contribution in [0.4, 0.5) is 11.4 Å². The van der Waals surface area contributed by atoms with Gasteiger partial charge in [-0.15, -0.1) is 0 Å². The number of anilines is 2. The smallest absolute Gasteiger partial charge is 0.310 e. The van der Waals surface area contributed by atoms with Crippen LogP contribution in [0, 0.1) is 23.7 Å². The van der Waals surface area contributed by atoms with Crippen molar-refractivity contribution >= 4 is 29.2 Å². The Balaban J connectivity index is 1.29. The van der Waals surface area contributed by atoms with Crippen LogP contribution in [0.2, 0.25) is 0 Å². The van der Waals surface area contributed by atoms with Gasteiger partial charge in [0.15, 0.2) is 0 Å². The van der Waals surface area contributed by atoms with Gasteiger partial charge in [0.05, 0.1) is 31.7 Å². The van der Waals surface area contributed by atoms with Crippen molar-refractivity contribution in [3.63, 3.8) is 0 Å². The molecule has 8 nitrogen and oxygen atoms in total. The minimum absolute atomic E-state index is 0.0106. The second-order valence-corrected chi connectivity index (χ2v) is 8.51. The summed E-state index contributed by atoms with van der Waals surface area (Å²) < 4.78 is 15.9. The summed E-state index contributed by atoms with van der Waals surface area (Å²) in [6.45, 7) is 0. The molecule has 5 rings (SSSR count). The fraction of sp³-hybridized carbons (Fsp3) is 0.375. The van der Waals surface area contributed by atoms with Crippen molar-refractivity contribution in [2.75, 3.05) is 24.9 Å². The van der Waals surface area contributed by atoms with Crippen molar-refractivity contribution < 1.29 is 28.6 Å². The van der Waals surface area contributed by atoms with E-state index >= 15 is 0 Å². The van der Waals surface area contributed by atoms with Crippen LogP contribution < -0.4 is 20.1 Å². The molecular formula is C24H24N2O6. The molecule has 2 saturated carbocycles. The third-order valence-electron chi connectivity index (χ3n) is 6.84. The van der Waals surface area contributed by atoms with E-state index in [1.165, 1.54) is 7.11 Å². The third-order valence-corrected chi connectivity index (χ3v) is 6.84. The average Bonchev–Trinajstić information content (AvgIpc) is 3.42. The number of carbonyl (C=O) groups is 3. The van der Waals surface area contributed by atoms with E-state index in [0.29, 0.717) is 28.4 Å². The number of esters is 1. The van der Waals surface area contributed by atoms with E-state index in [4.69, 9.17) is 14.2 Å². The number of carbonyl (C=O) groups excluding carboxylic acids is 3. The number of nitrogens with one attached hydrogen (secondary N) is 2. The van der Waals surface area contributed by atoms with Gasteiger partial charge in [0.1, 0.15) is 17.6 Å². The number of rotatable bonds is 6. The fourth-order valence-electron chi connectivity index (χ4n) is 5.42. The molecule has 5 atom stereocenters. The number of benzene rings is 2. The first kappa shape index (κ1) is 20.4. The fourth-order valence-corrected chi connectivity index (χ4v) is 5.42. The topological polar surface area (TPSA) is 103 Å². The molecule has 3 aliphatic rings. The van der Waals surface area contributed by atoms with Crippen molar-refractivity contribution in [2.45, 2.75) is 18.9 Å². The molecule has 2 bridgehead atoms. The molecule has 8 heteroatoms. The summed E-state index contributed by atoms with van der Waals surface area (Å²) >= 11 is 0. The van der Waals surface area contributed by atoms with Crippen molar-refractivity contribution in [2.24, 2.45) is 23.7 Å². The molecule has 1 saturated heterocycles. The SMILES string of the molecule is COc1ccc(NC(=O)c2cccc(NC(=O)[C@H]3[C@@H]4C[C@H]5[C@H]3C(=O)O[C@H]5C4)c2)c(OC)c1. The van der Waals surface area contributed by atoms with Crippen molar-refractivity contribution in [3.8, 4) is 11.5 Å². The first-order chi connectivity index (χ1) is 15.5. The van der Waals surface area contributed by atoms with E-state index in [0.717, 1.165) is 12.8 Å². The Bertz CT molecular complexity index is 1100. The summed E-state index contributed by atoms with van der Waals surface area (Å²) in [5, 5.41) is 5.72. The van der Waals surface area contributed by atoms with Crippen molar-refractivity contribution in [3.05, 3.63) is 48.0 Å². The number of fused-ring (bicyclic) bond motifs is 1. The number of ether oxygens (including phenoxy) is 3. The zero-order valence-electron chi connectivity index (χ0n) is 17.8. The molecule has 32 heavy (non-hydrogen) atoms. The maximum Gasteiger partial charge on any atom is 0.310 e. The van der Waals surface area contributed by atoms with Crippen LogP contribution in [-0.2, 0) is 14.3 Å². The van der Waals surface area contributed by atoms with Gasteiger partial charge in [-0.3, -0.25) is 14.4 Å². The zero-order chi connectivity index (χ0) is 22.4. The van der Waals surface area contributed by atoms with Crippen LogP contribution in [0.25, 0.3) is 0 Å². The molecule has 3 fully saturated rings. The van der Waals surface area contributed by atoms with Gasteiger partial charge < -0.3 is 24.8 Å². The molecule has 166 valence electrons. The minimum atomic E-state index is -0.368. The van der Waals surface area contributed by atoms with Gasteiger partial charge >= 0.3 is 5.97 Å². The van der Waals surface area contributed by atoms with E-state index < -0.39 is 0 Å². The van der Waals surface area contributed by atoms with Crippen molar-refractivity contribution in [1.29, 1.82) is 0 Å². The highest BCUT2D eigenvalue weighted by Crippen LogP contribution is 2.57. The molecule has 2 N–H and O–H groups in total. The number of hydrogen-bond acceptors (Lipinski definition) is 6. The highest BCUT2D eigenvalue weighted by atomic mass is 16.6. The predicted molar refractivity (Wildman–Crippen MR) is 116 cm³/mol. The van der Waals surface area contributed by atoms with E-state index in [-0.39, 0.29) is 47.6 Å². The second kappa shape index (κ2) is 7.85. The molecule has 2 aromatic rings. The van der Waals surface area contributed by atoms with Crippen LogP contribution in [0.5, 0.6) is 11.5 Å². The average molecular weight is 436 g/mol. The third kappa shape index (κ3) is 3.36. The second-order valence-electron chi connectivity index (χ2n) is 8.51. The largest absolute Gasteiger partial charge is 0.497 e. The summed E-state index contributed by atoms with van der Waals surface area (Å²) in [5.41, 5.74) is 1.40. The van der Waals surface area contributed by atoms with Crippen LogP contribution >= 0.6 is 0 Å². The first-order valence-corrected chi connectivity index (χ1v) is 10.6. The lowest BCUT2D eigenvalue weighted by Crippen LogP contribution is -2.35. The van der Waals surface area contributed by atoms with Gasteiger partial charge in [0.25, 0.3) is 5.91 Å². The molecule has 2 amide bonds. The number of methoxy groups -OCH3 is 2. The summed E-state index contributed by atoms with van der Waals surface area (Å²) in [4.78, 5) is 38.0. The Labute approximate surface area is 185 Å². The van der Waals surface area contributed by atoms with Gasteiger partial charge in [-0.2, -0.15) is 0 Å². The van der Waals surface area contributed by atoms with Gasteiger partial charge in [-0.1, -0.05) is 6.07 Å². The molecule has 1 heterocycles. The van der Waals surface area contributed by atoms with E-state index in [2.05, 4.69) is 10.6 Å². The zero-order valence-corrected chi connectivity index (χ0v) is 17.8. The Kier molecular flexibility index (Phi) is 5.00. The highest BCUT2D eigenvalue weighted by Gasteiger charge is 2.63. The molecular weight excluding hydrogens is 412 g/mol.